The van der Waals surface area contributed by atoms with Crippen molar-refractivity contribution in [2.45, 2.75) is 65.5 Å². The Bertz CT molecular complexity index is 355. The van der Waals surface area contributed by atoms with E-state index in [2.05, 4.69) is 11.9 Å². The van der Waals surface area contributed by atoms with Crippen LogP contribution in [0.2, 0.25) is 0 Å². The van der Waals surface area contributed by atoms with Crippen LogP contribution in [-0.2, 0) is 9.53 Å². The van der Waals surface area contributed by atoms with Crippen molar-refractivity contribution >= 4 is 12.1 Å². The molecule has 0 bridgehead atoms. The van der Waals surface area contributed by atoms with E-state index in [0.29, 0.717) is 6.42 Å². The summed E-state index contributed by atoms with van der Waals surface area (Å²) in [5, 5.41) is 11.6. The maximum Gasteiger partial charge on any atom is 0.408 e. The Morgan fingerprint density at radius 3 is 2.25 bits per heavy atom. The summed E-state index contributed by atoms with van der Waals surface area (Å²) in [6.45, 7) is 12.5. The van der Waals surface area contributed by atoms with Gasteiger partial charge in [-0.15, -0.1) is 6.58 Å². The highest BCUT2D eigenvalue weighted by Gasteiger charge is 2.34. The molecule has 116 valence electrons. The summed E-state index contributed by atoms with van der Waals surface area (Å²) >= 11 is 0. The number of hydrogen-bond donors (Lipinski definition) is 2. The molecule has 2 N–H and O–H groups in total. The van der Waals surface area contributed by atoms with Gasteiger partial charge in [-0.3, -0.25) is 0 Å². The highest BCUT2D eigenvalue weighted by Crippen LogP contribution is 2.21. The Morgan fingerprint density at radius 1 is 1.30 bits per heavy atom. The van der Waals surface area contributed by atoms with Gasteiger partial charge in [0.25, 0.3) is 0 Å². The van der Waals surface area contributed by atoms with Crippen molar-refractivity contribution in [2.75, 3.05) is 0 Å². The predicted molar refractivity (Wildman–Crippen MR) is 78.6 cm³/mol. The highest BCUT2D eigenvalue weighted by atomic mass is 16.6. The minimum Gasteiger partial charge on any atom is -0.480 e. The van der Waals surface area contributed by atoms with Crippen LogP contribution in [0, 0.1) is 5.41 Å². The molecule has 0 aliphatic heterocycles. The van der Waals surface area contributed by atoms with E-state index in [1.807, 2.05) is 19.9 Å². The third-order valence-corrected chi connectivity index (χ3v) is 2.93. The lowest BCUT2D eigenvalue weighted by Crippen LogP contribution is -2.50. The Morgan fingerprint density at radius 2 is 1.85 bits per heavy atom. The molecule has 5 nitrogen and oxygen atoms in total. The van der Waals surface area contributed by atoms with Gasteiger partial charge in [0.1, 0.15) is 11.6 Å². The Kier molecular flexibility index (Phi) is 6.76. The largest absolute Gasteiger partial charge is 0.480 e. The van der Waals surface area contributed by atoms with Crippen LogP contribution in [0.4, 0.5) is 4.79 Å². The molecule has 0 rings (SSSR count). The molecule has 0 spiro atoms. The fraction of sp³-hybridized carbons (Fsp3) is 0.733. The molecule has 5 heteroatoms. The van der Waals surface area contributed by atoms with E-state index in [-0.39, 0.29) is 0 Å². The molecule has 0 aromatic rings. The first-order valence-corrected chi connectivity index (χ1v) is 6.83. The van der Waals surface area contributed by atoms with Gasteiger partial charge in [0.15, 0.2) is 0 Å². The molecule has 1 amide bonds. The van der Waals surface area contributed by atoms with E-state index < -0.39 is 29.1 Å². The minimum absolute atomic E-state index is 0.585. The van der Waals surface area contributed by atoms with Gasteiger partial charge in [-0.1, -0.05) is 26.8 Å². The highest BCUT2D eigenvalue weighted by molar-refractivity contribution is 5.80. The zero-order valence-corrected chi connectivity index (χ0v) is 13.2. The summed E-state index contributed by atoms with van der Waals surface area (Å²) in [5.74, 6) is -1.07. The average Bonchev–Trinajstić information content (AvgIpc) is 2.23. The number of rotatable bonds is 7. The molecule has 0 aromatic carbocycles. The van der Waals surface area contributed by atoms with Crippen LogP contribution in [0.25, 0.3) is 0 Å². The number of carbonyl (C=O) groups is 2. The number of unbranched alkanes of at least 4 members (excludes halogenated alkanes) is 1. The number of alkyl carbamates (subject to hydrolysis) is 1. The van der Waals surface area contributed by atoms with Crippen molar-refractivity contribution in [2.24, 2.45) is 5.41 Å². The molecule has 0 radical (unpaired) electrons. The monoisotopic (exact) mass is 285 g/mol. The second-order valence-corrected chi connectivity index (χ2v) is 6.61. The normalized spacial score (nSPS) is 13.4. The molecular formula is C15H27NO4. The first kappa shape index (κ1) is 18.5. The molecule has 0 heterocycles. The summed E-state index contributed by atoms with van der Waals surface area (Å²) in [4.78, 5) is 23.0. The summed E-state index contributed by atoms with van der Waals surface area (Å²) in [6.07, 6.45) is 3.53. The SMILES string of the molecule is C=CCCCC(C)(C)OC(=O)N[C@H](C(=O)O)C(C)(C)C. The van der Waals surface area contributed by atoms with Crippen molar-refractivity contribution in [3.8, 4) is 0 Å². The van der Waals surface area contributed by atoms with Gasteiger partial charge in [0.05, 0.1) is 0 Å². The number of carbonyl (C=O) groups excluding carboxylic acids is 1. The molecule has 0 aliphatic rings. The third-order valence-electron chi connectivity index (χ3n) is 2.93. The van der Waals surface area contributed by atoms with Gasteiger partial charge in [-0.25, -0.2) is 9.59 Å². The lowest BCUT2D eigenvalue weighted by Gasteiger charge is -2.30. The van der Waals surface area contributed by atoms with Gasteiger partial charge in [-0.2, -0.15) is 0 Å². The number of hydrogen-bond acceptors (Lipinski definition) is 3. The molecule has 20 heavy (non-hydrogen) atoms. The average molecular weight is 285 g/mol. The van der Waals surface area contributed by atoms with E-state index in [9.17, 15) is 9.59 Å². The molecule has 0 unspecified atom stereocenters. The summed E-state index contributed by atoms with van der Waals surface area (Å²) in [6, 6.07) is -0.987. The molecule has 1 atom stereocenters. The van der Waals surface area contributed by atoms with Gasteiger partial charge >= 0.3 is 12.1 Å². The standard InChI is InChI=1S/C15H27NO4/c1-7-8-9-10-15(5,6)20-13(19)16-11(12(17)18)14(2,3)4/h7,11H,1,8-10H2,2-6H3,(H,16,19)(H,17,18)/t11-/m1/s1. The van der Waals surface area contributed by atoms with Crippen LogP contribution in [-0.4, -0.2) is 28.8 Å². The zero-order chi connectivity index (χ0) is 16.0. The Labute approximate surface area is 121 Å². The van der Waals surface area contributed by atoms with Crippen LogP contribution in [0.5, 0.6) is 0 Å². The van der Waals surface area contributed by atoms with Crippen molar-refractivity contribution in [1.29, 1.82) is 0 Å². The molecule has 0 aromatic heterocycles. The van der Waals surface area contributed by atoms with Crippen molar-refractivity contribution in [1.82, 2.24) is 5.32 Å². The second kappa shape index (κ2) is 7.31. The Balaban J connectivity index is 4.53. The summed E-state index contributed by atoms with van der Waals surface area (Å²) in [7, 11) is 0. The van der Waals surface area contributed by atoms with Gasteiger partial charge in [0, 0.05) is 0 Å². The van der Waals surface area contributed by atoms with E-state index in [4.69, 9.17) is 9.84 Å². The molecule has 0 saturated heterocycles. The number of aliphatic carboxylic acids is 1. The number of amides is 1. The van der Waals surface area contributed by atoms with E-state index in [0.717, 1.165) is 12.8 Å². The maximum absolute atomic E-state index is 11.8. The first-order chi connectivity index (χ1) is 8.99. The fourth-order valence-electron chi connectivity index (χ4n) is 1.77. The smallest absolute Gasteiger partial charge is 0.408 e. The van der Waals surface area contributed by atoms with Crippen molar-refractivity contribution in [3.05, 3.63) is 12.7 Å². The number of allylic oxidation sites excluding steroid dienone is 1. The molecule has 0 aliphatic carbocycles. The second-order valence-electron chi connectivity index (χ2n) is 6.61. The number of nitrogens with one attached hydrogen (secondary N) is 1. The third kappa shape index (κ3) is 7.16. The molecule has 0 fully saturated rings. The van der Waals surface area contributed by atoms with E-state index in [1.165, 1.54) is 0 Å². The van der Waals surface area contributed by atoms with Gasteiger partial charge in [-0.05, 0) is 38.5 Å². The van der Waals surface area contributed by atoms with Crippen LogP contribution in [0.15, 0.2) is 12.7 Å². The number of carboxylic acid groups (broad SMARTS) is 1. The van der Waals surface area contributed by atoms with Gasteiger partial charge < -0.3 is 15.2 Å². The summed E-state index contributed by atoms with van der Waals surface area (Å²) < 4.78 is 5.31. The zero-order valence-electron chi connectivity index (χ0n) is 13.2. The lowest BCUT2D eigenvalue weighted by molar-refractivity contribution is -0.142. The topological polar surface area (TPSA) is 75.6 Å². The van der Waals surface area contributed by atoms with Crippen LogP contribution >= 0.6 is 0 Å². The van der Waals surface area contributed by atoms with E-state index >= 15 is 0 Å². The van der Waals surface area contributed by atoms with Crippen molar-refractivity contribution < 1.29 is 19.4 Å². The first-order valence-electron chi connectivity index (χ1n) is 6.83. The number of carboxylic acids is 1. The van der Waals surface area contributed by atoms with E-state index in [1.54, 1.807) is 20.8 Å². The number of ether oxygens (including phenoxy) is 1. The van der Waals surface area contributed by atoms with Crippen LogP contribution in [0.1, 0.15) is 53.9 Å². The maximum atomic E-state index is 11.8. The predicted octanol–water partition coefficient (Wildman–Crippen LogP) is 3.35. The quantitative estimate of drug-likeness (QED) is 0.555. The van der Waals surface area contributed by atoms with Crippen LogP contribution < -0.4 is 5.32 Å². The summed E-state index contributed by atoms with van der Waals surface area (Å²) in [5.41, 5.74) is -1.22. The van der Waals surface area contributed by atoms with Gasteiger partial charge in [0.2, 0.25) is 0 Å². The van der Waals surface area contributed by atoms with Crippen LogP contribution in [0.3, 0.4) is 0 Å². The Hall–Kier alpha value is -1.52. The lowest BCUT2D eigenvalue weighted by atomic mass is 9.87. The minimum atomic E-state index is -1.07. The molecular weight excluding hydrogens is 258 g/mol. The fourth-order valence-corrected chi connectivity index (χ4v) is 1.77. The van der Waals surface area contributed by atoms with Crippen molar-refractivity contribution in [3.63, 3.8) is 0 Å². The molecule has 0 saturated carbocycles.